The number of fused-ring (bicyclic) bond motifs is 1. The highest BCUT2D eigenvalue weighted by molar-refractivity contribution is 6.01. The standard InChI is InChI=1S/C10H12FN5O2/c11-5-3-16(4-5)10-14-7(12)6-8(17)13-1-2-18-9(6)15-10/h5H,1-4H2,(H,13,17)(H2,12,14,15). The fourth-order valence-corrected chi connectivity index (χ4v) is 1.89. The maximum Gasteiger partial charge on any atom is 0.260 e. The van der Waals surface area contributed by atoms with Gasteiger partial charge in [0.2, 0.25) is 11.8 Å². The van der Waals surface area contributed by atoms with Gasteiger partial charge in [-0.25, -0.2) is 4.39 Å². The lowest BCUT2D eigenvalue weighted by Gasteiger charge is -2.34. The third-order valence-corrected chi connectivity index (χ3v) is 2.87. The van der Waals surface area contributed by atoms with Gasteiger partial charge in [0.05, 0.1) is 19.6 Å². The van der Waals surface area contributed by atoms with E-state index < -0.39 is 6.17 Å². The first-order valence-electron chi connectivity index (χ1n) is 5.62. The third kappa shape index (κ3) is 1.69. The van der Waals surface area contributed by atoms with Crippen molar-refractivity contribution in [2.75, 3.05) is 36.9 Å². The monoisotopic (exact) mass is 253 g/mol. The molecule has 2 aliphatic rings. The molecule has 3 N–H and O–H groups in total. The number of ether oxygens (including phenoxy) is 1. The summed E-state index contributed by atoms with van der Waals surface area (Å²) in [6.07, 6.45) is -0.863. The van der Waals surface area contributed by atoms with Gasteiger partial charge >= 0.3 is 0 Å². The zero-order chi connectivity index (χ0) is 12.7. The molecule has 1 amide bonds. The maximum atomic E-state index is 12.8. The zero-order valence-corrected chi connectivity index (χ0v) is 9.52. The Morgan fingerprint density at radius 3 is 2.94 bits per heavy atom. The Morgan fingerprint density at radius 2 is 2.22 bits per heavy atom. The van der Waals surface area contributed by atoms with Gasteiger partial charge in [0.1, 0.15) is 24.2 Å². The molecule has 1 aromatic rings. The minimum Gasteiger partial charge on any atom is -0.475 e. The second kappa shape index (κ2) is 3.97. The lowest BCUT2D eigenvalue weighted by atomic mass is 10.2. The van der Waals surface area contributed by atoms with Crippen LogP contribution in [-0.2, 0) is 0 Å². The first-order valence-corrected chi connectivity index (χ1v) is 5.62. The first-order chi connectivity index (χ1) is 8.65. The molecule has 96 valence electrons. The number of halogens is 1. The SMILES string of the molecule is Nc1nc(N2CC(F)C2)nc2c1C(=O)NCCO2. The van der Waals surface area contributed by atoms with Crippen LogP contribution in [0.4, 0.5) is 16.2 Å². The number of anilines is 2. The van der Waals surface area contributed by atoms with E-state index >= 15 is 0 Å². The number of hydrogen-bond acceptors (Lipinski definition) is 6. The summed E-state index contributed by atoms with van der Waals surface area (Å²) in [5.41, 5.74) is 5.89. The van der Waals surface area contributed by atoms with E-state index in [9.17, 15) is 9.18 Å². The molecule has 7 nitrogen and oxygen atoms in total. The van der Waals surface area contributed by atoms with Gasteiger partial charge in [-0.3, -0.25) is 4.79 Å². The number of amides is 1. The number of alkyl halides is 1. The summed E-state index contributed by atoms with van der Waals surface area (Å²) < 4.78 is 18.1. The highest BCUT2D eigenvalue weighted by Crippen LogP contribution is 2.27. The molecule has 3 rings (SSSR count). The van der Waals surface area contributed by atoms with E-state index in [0.717, 1.165) is 0 Å². The summed E-state index contributed by atoms with van der Waals surface area (Å²) >= 11 is 0. The predicted molar refractivity (Wildman–Crippen MR) is 61.4 cm³/mol. The van der Waals surface area contributed by atoms with Crippen molar-refractivity contribution in [3.05, 3.63) is 5.56 Å². The average molecular weight is 253 g/mol. The molecule has 1 fully saturated rings. The number of rotatable bonds is 1. The van der Waals surface area contributed by atoms with Crippen molar-refractivity contribution >= 4 is 17.7 Å². The largest absolute Gasteiger partial charge is 0.475 e. The van der Waals surface area contributed by atoms with Crippen molar-refractivity contribution in [2.24, 2.45) is 0 Å². The van der Waals surface area contributed by atoms with Crippen LogP contribution in [0, 0.1) is 0 Å². The van der Waals surface area contributed by atoms with Gasteiger partial charge in [0, 0.05) is 0 Å². The summed E-state index contributed by atoms with van der Waals surface area (Å²) in [7, 11) is 0. The van der Waals surface area contributed by atoms with Gasteiger partial charge < -0.3 is 20.7 Å². The Balaban J connectivity index is 1.98. The number of nitrogen functional groups attached to an aromatic ring is 1. The van der Waals surface area contributed by atoms with Crippen LogP contribution >= 0.6 is 0 Å². The van der Waals surface area contributed by atoms with Gasteiger partial charge in [-0.2, -0.15) is 9.97 Å². The topological polar surface area (TPSA) is 93.4 Å². The minimum absolute atomic E-state index is 0.0525. The quantitative estimate of drug-likeness (QED) is 0.690. The molecule has 0 unspecified atom stereocenters. The second-order valence-electron chi connectivity index (χ2n) is 4.20. The van der Waals surface area contributed by atoms with Crippen molar-refractivity contribution in [3.63, 3.8) is 0 Å². The van der Waals surface area contributed by atoms with Crippen LogP contribution in [0.1, 0.15) is 10.4 Å². The summed E-state index contributed by atoms with van der Waals surface area (Å²) in [6, 6.07) is 0. The van der Waals surface area contributed by atoms with Crippen molar-refractivity contribution in [1.82, 2.24) is 15.3 Å². The van der Waals surface area contributed by atoms with Crippen LogP contribution in [0.5, 0.6) is 5.88 Å². The fraction of sp³-hybridized carbons (Fsp3) is 0.500. The van der Waals surface area contributed by atoms with Gasteiger partial charge in [-0.05, 0) is 0 Å². The van der Waals surface area contributed by atoms with Crippen molar-refractivity contribution in [3.8, 4) is 5.88 Å². The molecule has 1 saturated heterocycles. The summed E-state index contributed by atoms with van der Waals surface area (Å²) in [5, 5.41) is 2.63. The summed E-state index contributed by atoms with van der Waals surface area (Å²) in [4.78, 5) is 21.5. The van der Waals surface area contributed by atoms with Gasteiger partial charge in [0.15, 0.2) is 0 Å². The predicted octanol–water partition coefficient (Wildman–Crippen LogP) is -0.661. The van der Waals surface area contributed by atoms with Crippen molar-refractivity contribution < 1.29 is 13.9 Å². The molecule has 0 bridgehead atoms. The van der Waals surface area contributed by atoms with E-state index in [0.29, 0.717) is 19.1 Å². The molecule has 0 aliphatic carbocycles. The Hall–Kier alpha value is -2.12. The molecule has 1 aromatic heterocycles. The Kier molecular flexibility index (Phi) is 2.42. The lowest BCUT2D eigenvalue weighted by Crippen LogP contribution is -2.49. The average Bonchev–Trinajstić information content (AvgIpc) is 2.47. The van der Waals surface area contributed by atoms with Crippen LogP contribution in [0.2, 0.25) is 0 Å². The van der Waals surface area contributed by atoms with Crippen molar-refractivity contribution in [2.45, 2.75) is 6.17 Å². The minimum atomic E-state index is -0.863. The second-order valence-corrected chi connectivity index (χ2v) is 4.20. The molecule has 8 heteroatoms. The smallest absolute Gasteiger partial charge is 0.260 e. The van der Waals surface area contributed by atoms with Crippen LogP contribution in [-0.4, -0.2) is 48.3 Å². The number of carbonyl (C=O) groups excluding carboxylic acids is 1. The van der Waals surface area contributed by atoms with E-state index in [1.54, 1.807) is 4.90 Å². The highest BCUT2D eigenvalue weighted by atomic mass is 19.1. The number of nitrogens with zero attached hydrogens (tertiary/aromatic N) is 3. The van der Waals surface area contributed by atoms with Crippen LogP contribution in [0.25, 0.3) is 0 Å². The van der Waals surface area contributed by atoms with Gasteiger partial charge in [-0.1, -0.05) is 0 Å². The zero-order valence-electron chi connectivity index (χ0n) is 9.52. The third-order valence-electron chi connectivity index (χ3n) is 2.87. The fourth-order valence-electron chi connectivity index (χ4n) is 1.89. The first kappa shape index (κ1) is 11.0. The number of nitrogens with one attached hydrogen (secondary N) is 1. The maximum absolute atomic E-state index is 12.8. The molecular formula is C10H12FN5O2. The molecule has 0 radical (unpaired) electrons. The van der Waals surface area contributed by atoms with Crippen molar-refractivity contribution in [1.29, 1.82) is 0 Å². The van der Waals surface area contributed by atoms with E-state index in [-0.39, 0.29) is 36.3 Å². The molecular weight excluding hydrogens is 241 g/mol. The van der Waals surface area contributed by atoms with Crippen LogP contribution in [0.15, 0.2) is 0 Å². The van der Waals surface area contributed by atoms with Crippen LogP contribution in [0.3, 0.4) is 0 Å². The molecule has 0 aromatic carbocycles. The molecule has 2 aliphatic heterocycles. The Bertz CT molecular complexity index is 503. The normalized spacial score (nSPS) is 19.4. The Labute approximate surface area is 102 Å². The highest BCUT2D eigenvalue weighted by Gasteiger charge is 2.31. The lowest BCUT2D eigenvalue weighted by molar-refractivity contribution is 0.0957. The van der Waals surface area contributed by atoms with E-state index in [1.807, 2.05) is 0 Å². The van der Waals surface area contributed by atoms with E-state index in [4.69, 9.17) is 10.5 Å². The molecule has 0 saturated carbocycles. The number of nitrogens with two attached hydrogens (primary N) is 1. The van der Waals surface area contributed by atoms with E-state index in [1.165, 1.54) is 0 Å². The van der Waals surface area contributed by atoms with Gasteiger partial charge in [-0.15, -0.1) is 0 Å². The van der Waals surface area contributed by atoms with Crippen LogP contribution < -0.4 is 20.7 Å². The molecule has 3 heterocycles. The number of carbonyl (C=O) groups is 1. The summed E-state index contributed by atoms with van der Waals surface area (Å²) in [6.45, 7) is 1.19. The number of aromatic nitrogens is 2. The Morgan fingerprint density at radius 1 is 1.44 bits per heavy atom. The summed E-state index contributed by atoms with van der Waals surface area (Å²) in [5.74, 6) is 0.167. The molecule has 18 heavy (non-hydrogen) atoms. The molecule has 0 atom stereocenters. The molecule has 0 spiro atoms. The van der Waals surface area contributed by atoms with E-state index in [2.05, 4.69) is 15.3 Å². The van der Waals surface area contributed by atoms with Gasteiger partial charge in [0.25, 0.3) is 5.91 Å². The number of hydrogen-bond donors (Lipinski definition) is 2.